The molecule has 1 saturated heterocycles. The molecule has 2 heterocycles. The SMILES string of the molecule is Cl.O=C(c1ccc(Oc2ccccc2)cc1)N(CCCN1CCOCC1)c1nc2ccccc2s1. The molecule has 1 aliphatic heterocycles. The van der Waals surface area contributed by atoms with E-state index in [1.165, 1.54) is 0 Å². The minimum atomic E-state index is -0.0488. The molecule has 1 amide bonds. The molecular weight excluding hydrogens is 482 g/mol. The van der Waals surface area contributed by atoms with E-state index < -0.39 is 0 Å². The first kappa shape index (κ1) is 25.1. The Morgan fingerprint density at radius 1 is 0.943 bits per heavy atom. The minimum absolute atomic E-state index is 0. The molecule has 3 aromatic carbocycles. The van der Waals surface area contributed by atoms with E-state index in [0.717, 1.165) is 60.4 Å². The molecule has 0 atom stereocenters. The molecular formula is C27H28ClN3O3S. The quantitative estimate of drug-likeness (QED) is 0.297. The van der Waals surface area contributed by atoms with Gasteiger partial charge in [0, 0.05) is 31.7 Å². The van der Waals surface area contributed by atoms with Crippen molar-refractivity contribution in [3.63, 3.8) is 0 Å². The standard InChI is InChI=1S/C27H27N3O3S.ClH/c31-26(21-11-13-23(14-12-21)33-22-7-2-1-3-8-22)30(16-6-15-29-17-19-32-20-18-29)27-28-24-9-4-5-10-25(24)34-27;/h1-5,7-14H,6,15-20H2;1H. The van der Waals surface area contributed by atoms with Gasteiger partial charge in [0.1, 0.15) is 11.5 Å². The van der Waals surface area contributed by atoms with Gasteiger partial charge in [-0.25, -0.2) is 4.98 Å². The van der Waals surface area contributed by atoms with Crippen LogP contribution in [-0.4, -0.2) is 55.2 Å². The third kappa shape index (κ3) is 6.38. The summed E-state index contributed by atoms with van der Waals surface area (Å²) >= 11 is 1.56. The van der Waals surface area contributed by atoms with Gasteiger partial charge in [0.25, 0.3) is 5.91 Å². The Balaban J connectivity index is 0.00000289. The van der Waals surface area contributed by atoms with Crippen molar-refractivity contribution in [2.75, 3.05) is 44.3 Å². The number of carbonyl (C=O) groups excluding carboxylic acids is 1. The maximum atomic E-state index is 13.6. The van der Waals surface area contributed by atoms with Crippen molar-refractivity contribution < 1.29 is 14.3 Å². The van der Waals surface area contributed by atoms with Crippen molar-refractivity contribution >= 4 is 45.0 Å². The summed E-state index contributed by atoms with van der Waals surface area (Å²) in [7, 11) is 0. The molecule has 0 aliphatic carbocycles. The Morgan fingerprint density at radius 3 is 2.37 bits per heavy atom. The first-order chi connectivity index (χ1) is 16.8. The van der Waals surface area contributed by atoms with Crippen LogP contribution in [0.5, 0.6) is 11.5 Å². The molecule has 182 valence electrons. The fourth-order valence-corrected chi connectivity index (χ4v) is 4.97. The lowest BCUT2D eigenvalue weighted by Gasteiger charge is -2.27. The molecule has 4 aromatic rings. The zero-order chi connectivity index (χ0) is 23.2. The van der Waals surface area contributed by atoms with E-state index in [2.05, 4.69) is 4.90 Å². The Bertz CT molecular complexity index is 1190. The zero-order valence-electron chi connectivity index (χ0n) is 19.3. The monoisotopic (exact) mass is 509 g/mol. The first-order valence-electron chi connectivity index (χ1n) is 11.6. The van der Waals surface area contributed by atoms with Crippen LogP contribution in [0.15, 0.2) is 78.9 Å². The van der Waals surface area contributed by atoms with Crippen molar-refractivity contribution in [3.8, 4) is 11.5 Å². The van der Waals surface area contributed by atoms with Crippen LogP contribution in [0.1, 0.15) is 16.8 Å². The summed E-state index contributed by atoms with van der Waals surface area (Å²) in [6, 6.07) is 24.9. The molecule has 1 aliphatic rings. The number of nitrogens with zero attached hydrogens (tertiary/aromatic N) is 3. The number of ether oxygens (including phenoxy) is 2. The number of carbonyl (C=O) groups is 1. The van der Waals surface area contributed by atoms with Crippen LogP contribution in [0.3, 0.4) is 0 Å². The number of thiazole rings is 1. The van der Waals surface area contributed by atoms with E-state index in [1.54, 1.807) is 11.3 Å². The maximum absolute atomic E-state index is 13.6. The summed E-state index contributed by atoms with van der Waals surface area (Å²) in [5.74, 6) is 1.41. The number of amides is 1. The van der Waals surface area contributed by atoms with Crippen LogP contribution in [-0.2, 0) is 4.74 Å². The van der Waals surface area contributed by atoms with Gasteiger partial charge in [-0.3, -0.25) is 14.6 Å². The van der Waals surface area contributed by atoms with E-state index in [9.17, 15) is 4.79 Å². The van der Waals surface area contributed by atoms with Crippen LogP contribution in [0.2, 0.25) is 0 Å². The highest BCUT2D eigenvalue weighted by Crippen LogP contribution is 2.30. The second kappa shape index (κ2) is 12.1. The molecule has 0 radical (unpaired) electrons. The normalized spacial score (nSPS) is 13.8. The van der Waals surface area contributed by atoms with Crippen molar-refractivity contribution in [3.05, 3.63) is 84.4 Å². The predicted molar refractivity (Wildman–Crippen MR) is 143 cm³/mol. The van der Waals surface area contributed by atoms with Gasteiger partial charge in [0.2, 0.25) is 0 Å². The summed E-state index contributed by atoms with van der Waals surface area (Å²) in [6.45, 7) is 4.98. The maximum Gasteiger partial charge on any atom is 0.260 e. The molecule has 0 saturated carbocycles. The number of morpholine rings is 1. The Morgan fingerprint density at radius 2 is 1.63 bits per heavy atom. The molecule has 5 rings (SSSR count). The number of hydrogen-bond acceptors (Lipinski definition) is 6. The lowest BCUT2D eigenvalue weighted by atomic mass is 10.2. The number of aromatic nitrogens is 1. The molecule has 35 heavy (non-hydrogen) atoms. The van der Waals surface area contributed by atoms with E-state index in [0.29, 0.717) is 17.9 Å². The van der Waals surface area contributed by atoms with Gasteiger partial charge in [-0.2, -0.15) is 0 Å². The van der Waals surface area contributed by atoms with Gasteiger partial charge in [-0.1, -0.05) is 41.7 Å². The summed E-state index contributed by atoms with van der Waals surface area (Å²) in [5, 5.41) is 0.734. The van der Waals surface area contributed by atoms with Gasteiger partial charge in [-0.15, -0.1) is 12.4 Å². The third-order valence-corrected chi connectivity index (χ3v) is 6.86. The van der Waals surface area contributed by atoms with Gasteiger partial charge in [0.05, 0.1) is 23.4 Å². The molecule has 0 bridgehead atoms. The summed E-state index contributed by atoms with van der Waals surface area (Å²) in [6.07, 6.45) is 0.872. The third-order valence-electron chi connectivity index (χ3n) is 5.80. The van der Waals surface area contributed by atoms with Crippen LogP contribution in [0.4, 0.5) is 5.13 Å². The Hall–Kier alpha value is -2.97. The minimum Gasteiger partial charge on any atom is -0.457 e. The highest BCUT2D eigenvalue weighted by Gasteiger charge is 2.22. The van der Waals surface area contributed by atoms with Gasteiger partial charge >= 0.3 is 0 Å². The van der Waals surface area contributed by atoms with Crippen LogP contribution >= 0.6 is 23.7 Å². The second-order valence-corrected chi connectivity index (χ2v) is 9.18. The number of benzene rings is 3. The van der Waals surface area contributed by atoms with E-state index in [1.807, 2.05) is 83.8 Å². The number of halogens is 1. The lowest BCUT2D eigenvalue weighted by Crippen LogP contribution is -2.39. The highest BCUT2D eigenvalue weighted by molar-refractivity contribution is 7.22. The van der Waals surface area contributed by atoms with Gasteiger partial charge < -0.3 is 9.47 Å². The highest BCUT2D eigenvalue weighted by atomic mass is 35.5. The van der Waals surface area contributed by atoms with E-state index in [4.69, 9.17) is 14.5 Å². The van der Waals surface area contributed by atoms with Crippen molar-refractivity contribution in [1.82, 2.24) is 9.88 Å². The number of rotatable bonds is 8. The molecule has 1 aromatic heterocycles. The molecule has 0 N–H and O–H groups in total. The van der Waals surface area contributed by atoms with Crippen molar-refractivity contribution in [1.29, 1.82) is 0 Å². The number of para-hydroxylation sites is 2. The molecule has 8 heteroatoms. The van der Waals surface area contributed by atoms with E-state index >= 15 is 0 Å². The van der Waals surface area contributed by atoms with Crippen molar-refractivity contribution in [2.45, 2.75) is 6.42 Å². The van der Waals surface area contributed by atoms with Crippen LogP contribution in [0.25, 0.3) is 10.2 Å². The Kier molecular flexibility index (Phi) is 8.71. The molecule has 0 spiro atoms. The number of fused-ring (bicyclic) bond motifs is 1. The first-order valence-corrected chi connectivity index (χ1v) is 12.4. The molecule has 6 nitrogen and oxygen atoms in total. The lowest BCUT2D eigenvalue weighted by molar-refractivity contribution is 0.0376. The largest absolute Gasteiger partial charge is 0.457 e. The fourth-order valence-electron chi connectivity index (χ4n) is 3.98. The fraction of sp³-hybridized carbons (Fsp3) is 0.259. The molecule has 1 fully saturated rings. The smallest absolute Gasteiger partial charge is 0.260 e. The molecule has 0 unspecified atom stereocenters. The van der Waals surface area contributed by atoms with Crippen molar-refractivity contribution in [2.24, 2.45) is 0 Å². The van der Waals surface area contributed by atoms with Gasteiger partial charge in [-0.05, 0) is 55.0 Å². The number of anilines is 1. The summed E-state index contributed by atoms with van der Waals surface area (Å²) in [4.78, 5) is 22.6. The van der Waals surface area contributed by atoms with Gasteiger partial charge in [0.15, 0.2) is 5.13 Å². The summed E-state index contributed by atoms with van der Waals surface area (Å²) in [5.41, 5.74) is 1.53. The average Bonchev–Trinajstić information content (AvgIpc) is 3.32. The topological polar surface area (TPSA) is 54.9 Å². The van der Waals surface area contributed by atoms with E-state index in [-0.39, 0.29) is 18.3 Å². The number of hydrogen-bond donors (Lipinski definition) is 0. The zero-order valence-corrected chi connectivity index (χ0v) is 21.0. The predicted octanol–water partition coefficient (Wildman–Crippen LogP) is 5.88. The van der Waals surface area contributed by atoms with Crippen LogP contribution < -0.4 is 9.64 Å². The average molecular weight is 510 g/mol. The Labute approximate surface area is 215 Å². The van der Waals surface area contributed by atoms with Crippen LogP contribution in [0, 0.1) is 0 Å². The second-order valence-electron chi connectivity index (χ2n) is 8.17. The summed E-state index contributed by atoms with van der Waals surface area (Å²) < 4.78 is 12.4.